The third-order valence-corrected chi connectivity index (χ3v) is 3.80. The Morgan fingerprint density at radius 2 is 1.91 bits per heavy atom. The molecule has 0 fully saturated rings. The lowest BCUT2D eigenvalue weighted by molar-refractivity contribution is -0.140. The lowest BCUT2D eigenvalue weighted by Crippen LogP contribution is -2.08. The summed E-state index contributed by atoms with van der Waals surface area (Å²) < 4.78 is 50.5. The van der Waals surface area contributed by atoms with Gasteiger partial charge in [-0.1, -0.05) is 0 Å². The Morgan fingerprint density at radius 1 is 1.27 bits per heavy atom. The SMILES string of the molecule is COC(=O)Cc1c(C)n(C)c2cc(C(F)(F)F)c(OC)cc12. The van der Waals surface area contributed by atoms with Gasteiger partial charge in [0.05, 0.1) is 26.2 Å². The molecule has 4 nitrogen and oxygen atoms in total. The van der Waals surface area contributed by atoms with E-state index in [4.69, 9.17) is 4.74 Å². The number of nitrogens with zero attached hydrogens (tertiary/aromatic N) is 1. The fraction of sp³-hybridized carbons (Fsp3) is 0.400. The van der Waals surface area contributed by atoms with Crippen molar-refractivity contribution in [3.63, 3.8) is 0 Å². The van der Waals surface area contributed by atoms with E-state index < -0.39 is 17.7 Å². The van der Waals surface area contributed by atoms with Crippen LogP contribution in [0.1, 0.15) is 16.8 Å². The van der Waals surface area contributed by atoms with Crippen LogP contribution in [0.2, 0.25) is 0 Å². The average Bonchev–Trinajstić information content (AvgIpc) is 2.69. The number of rotatable bonds is 3. The molecule has 0 saturated carbocycles. The summed E-state index contributed by atoms with van der Waals surface area (Å²) in [4.78, 5) is 11.5. The van der Waals surface area contributed by atoms with E-state index in [-0.39, 0.29) is 12.2 Å². The van der Waals surface area contributed by atoms with E-state index in [1.165, 1.54) is 20.3 Å². The normalized spacial score (nSPS) is 11.8. The maximum Gasteiger partial charge on any atom is 0.420 e. The van der Waals surface area contributed by atoms with Gasteiger partial charge < -0.3 is 14.0 Å². The topological polar surface area (TPSA) is 40.5 Å². The molecular weight excluding hydrogens is 299 g/mol. The van der Waals surface area contributed by atoms with Crippen LogP contribution in [-0.2, 0) is 29.2 Å². The van der Waals surface area contributed by atoms with Crippen molar-refractivity contribution in [1.82, 2.24) is 4.57 Å². The summed E-state index contributed by atoms with van der Waals surface area (Å²) in [5.41, 5.74) is 0.899. The Hall–Kier alpha value is -2.18. The first kappa shape index (κ1) is 16.2. The number of esters is 1. The maximum atomic E-state index is 13.1. The molecule has 22 heavy (non-hydrogen) atoms. The largest absolute Gasteiger partial charge is 0.496 e. The third-order valence-electron chi connectivity index (χ3n) is 3.80. The van der Waals surface area contributed by atoms with Gasteiger partial charge in [-0.25, -0.2) is 0 Å². The van der Waals surface area contributed by atoms with Gasteiger partial charge in [0, 0.05) is 23.6 Å². The van der Waals surface area contributed by atoms with Gasteiger partial charge in [0.25, 0.3) is 0 Å². The molecule has 2 rings (SSSR count). The average molecular weight is 315 g/mol. The fourth-order valence-electron chi connectivity index (χ4n) is 2.50. The highest BCUT2D eigenvalue weighted by molar-refractivity contribution is 5.91. The lowest BCUT2D eigenvalue weighted by atomic mass is 10.0. The van der Waals surface area contributed by atoms with Crippen molar-refractivity contribution in [2.24, 2.45) is 7.05 Å². The summed E-state index contributed by atoms with van der Waals surface area (Å²) in [5.74, 6) is -0.716. The number of aromatic nitrogens is 1. The van der Waals surface area contributed by atoms with Crippen LogP contribution in [0, 0.1) is 6.92 Å². The van der Waals surface area contributed by atoms with E-state index in [0.29, 0.717) is 22.2 Å². The number of halogens is 3. The van der Waals surface area contributed by atoms with Gasteiger partial charge in [0.1, 0.15) is 5.75 Å². The van der Waals surface area contributed by atoms with Gasteiger partial charge in [-0.05, 0) is 24.6 Å². The van der Waals surface area contributed by atoms with E-state index in [9.17, 15) is 18.0 Å². The molecule has 0 aliphatic heterocycles. The number of benzene rings is 1. The Kier molecular flexibility index (Phi) is 4.08. The predicted octanol–water partition coefficient (Wildman–Crippen LogP) is 3.23. The van der Waals surface area contributed by atoms with E-state index in [1.807, 2.05) is 0 Å². The van der Waals surface area contributed by atoms with Gasteiger partial charge in [0.2, 0.25) is 0 Å². The Labute approximate surface area is 125 Å². The molecule has 120 valence electrons. The van der Waals surface area contributed by atoms with Crippen LogP contribution >= 0.6 is 0 Å². The quantitative estimate of drug-likeness (QED) is 0.817. The second-order valence-electron chi connectivity index (χ2n) is 4.94. The summed E-state index contributed by atoms with van der Waals surface area (Å²) in [6.07, 6.45) is -4.52. The lowest BCUT2D eigenvalue weighted by Gasteiger charge is -2.12. The monoisotopic (exact) mass is 315 g/mol. The molecule has 0 radical (unpaired) electrons. The van der Waals surface area contributed by atoms with E-state index in [1.54, 1.807) is 18.5 Å². The molecule has 2 aromatic rings. The zero-order chi connectivity index (χ0) is 16.7. The summed E-state index contributed by atoms with van der Waals surface area (Å²) in [7, 11) is 4.11. The van der Waals surface area contributed by atoms with Crippen molar-refractivity contribution in [1.29, 1.82) is 0 Å². The molecule has 0 aliphatic rings. The minimum Gasteiger partial charge on any atom is -0.496 e. The van der Waals surface area contributed by atoms with Crippen molar-refractivity contribution in [3.8, 4) is 5.75 Å². The molecule has 0 saturated heterocycles. The molecule has 0 atom stereocenters. The summed E-state index contributed by atoms with van der Waals surface area (Å²) in [6.45, 7) is 1.75. The smallest absolute Gasteiger partial charge is 0.420 e. The molecule has 1 heterocycles. The van der Waals surface area contributed by atoms with Crippen LogP contribution in [0.4, 0.5) is 13.2 Å². The van der Waals surface area contributed by atoms with Crippen LogP contribution in [0.15, 0.2) is 12.1 Å². The number of carbonyl (C=O) groups excluding carboxylic acids is 1. The summed E-state index contributed by atoms with van der Waals surface area (Å²) >= 11 is 0. The minimum atomic E-state index is -4.51. The number of ether oxygens (including phenoxy) is 2. The molecule has 0 bridgehead atoms. The number of carbonyl (C=O) groups is 1. The maximum absolute atomic E-state index is 13.1. The van der Waals surface area contributed by atoms with Crippen molar-refractivity contribution >= 4 is 16.9 Å². The second-order valence-corrected chi connectivity index (χ2v) is 4.94. The van der Waals surface area contributed by atoms with Crippen molar-refractivity contribution < 1.29 is 27.4 Å². The molecule has 0 spiro atoms. The van der Waals surface area contributed by atoms with Gasteiger partial charge in [-0.15, -0.1) is 0 Å². The highest BCUT2D eigenvalue weighted by atomic mass is 19.4. The molecule has 7 heteroatoms. The molecule has 0 N–H and O–H groups in total. The van der Waals surface area contributed by atoms with E-state index in [2.05, 4.69) is 4.74 Å². The molecule has 0 unspecified atom stereocenters. The van der Waals surface area contributed by atoms with Gasteiger partial charge in [-0.2, -0.15) is 13.2 Å². The number of hydrogen-bond acceptors (Lipinski definition) is 3. The summed E-state index contributed by atoms with van der Waals surface area (Å²) in [5, 5.41) is 0.551. The van der Waals surface area contributed by atoms with Crippen LogP contribution in [-0.4, -0.2) is 24.8 Å². The molecule has 1 aromatic heterocycles. The van der Waals surface area contributed by atoms with E-state index >= 15 is 0 Å². The van der Waals surface area contributed by atoms with Gasteiger partial charge in [0.15, 0.2) is 0 Å². The first-order valence-electron chi connectivity index (χ1n) is 6.50. The molecular formula is C15H16F3NO3. The highest BCUT2D eigenvalue weighted by Gasteiger charge is 2.35. The molecule has 1 aromatic carbocycles. The Morgan fingerprint density at radius 3 is 2.41 bits per heavy atom. The van der Waals surface area contributed by atoms with Crippen molar-refractivity contribution in [2.75, 3.05) is 14.2 Å². The predicted molar refractivity (Wildman–Crippen MR) is 74.9 cm³/mol. The van der Waals surface area contributed by atoms with Crippen LogP contribution in [0.25, 0.3) is 10.9 Å². The third kappa shape index (κ3) is 2.63. The second kappa shape index (κ2) is 5.55. The Bertz CT molecular complexity index is 732. The van der Waals surface area contributed by atoms with Crippen LogP contribution in [0.5, 0.6) is 5.75 Å². The zero-order valence-electron chi connectivity index (χ0n) is 12.7. The van der Waals surface area contributed by atoms with Gasteiger partial charge in [-0.3, -0.25) is 4.79 Å². The van der Waals surface area contributed by atoms with Crippen molar-refractivity contribution in [3.05, 3.63) is 29.0 Å². The number of aryl methyl sites for hydroxylation is 1. The molecule has 0 aliphatic carbocycles. The first-order valence-corrected chi connectivity index (χ1v) is 6.50. The Balaban J connectivity index is 2.75. The number of hydrogen-bond donors (Lipinski definition) is 0. The number of alkyl halides is 3. The van der Waals surface area contributed by atoms with Crippen molar-refractivity contribution in [2.45, 2.75) is 19.5 Å². The van der Waals surface area contributed by atoms with E-state index in [0.717, 1.165) is 6.07 Å². The highest BCUT2D eigenvalue weighted by Crippen LogP contribution is 2.40. The zero-order valence-corrected chi connectivity index (χ0v) is 12.7. The van der Waals surface area contributed by atoms with Crippen LogP contribution < -0.4 is 4.74 Å². The number of fused-ring (bicyclic) bond motifs is 1. The fourth-order valence-corrected chi connectivity index (χ4v) is 2.50. The van der Waals surface area contributed by atoms with Crippen LogP contribution in [0.3, 0.4) is 0 Å². The minimum absolute atomic E-state index is 0.00576. The standard InChI is InChI=1S/C15H16F3NO3/c1-8-9(6-14(20)22-4)10-5-13(21-3)11(15(16,17)18)7-12(10)19(8)2/h5,7H,6H2,1-4H3. The molecule has 0 amide bonds. The number of methoxy groups -OCH3 is 2. The summed E-state index contributed by atoms with van der Waals surface area (Å²) in [6, 6.07) is 2.37. The van der Waals surface area contributed by atoms with Gasteiger partial charge >= 0.3 is 12.1 Å². The first-order chi connectivity index (χ1) is 10.2.